The number of thiophene rings is 1. The van der Waals surface area contributed by atoms with Crippen LogP contribution in [0.2, 0.25) is 5.02 Å². The van der Waals surface area contributed by atoms with Crippen LogP contribution in [-0.2, 0) is 11.2 Å². The molecular weight excluding hydrogens is 256 g/mol. The molecule has 90 valence electrons. The predicted octanol–water partition coefficient (Wildman–Crippen LogP) is 4.21. The van der Waals surface area contributed by atoms with Crippen LogP contribution in [0.3, 0.4) is 0 Å². The van der Waals surface area contributed by atoms with Crippen molar-refractivity contribution in [1.82, 2.24) is 0 Å². The van der Waals surface area contributed by atoms with E-state index in [4.69, 9.17) is 16.7 Å². The van der Waals surface area contributed by atoms with Crippen LogP contribution in [0.15, 0.2) is 24.3 Å². The average molecular weight is 269 g/mol. The summed E-state index contributed by atoms with van der Waals surface area (Å²) < 4.78 is 1.14. The van der Waals surface area contributed by atoms with E-state index < -0.39 is 11.4 Å². The standard InChI is InChI=1S/C13H13ClO2S/c1-13(2,12(15)16)7-10-6-8-5-9(14)3-4-11(8)17-10/h3-6H,7H2,1-2H3,(H,15,16). The Morgan fingerprint density at radius 2 is 2.12 bits per heavy atom. The SMILES string of the molecule is CC(C)(Cc1cc2cc(Cl)ccc2s1)C(=O)O. The molecule has 0 aliphatic rings. The molecule has 0 aliphatic carbocycles. The minimum atomic E-state index is -0.770. The molecule has 1 heterocycles. The molecule has 0 aliphatic heterocycles. The second-order valence-electron chi connectivity index (χ2n) is 4.76. The summed E-state index contributed by atoms with van der Waals surface area (Å²) in [5.41, 5.74) is -0.731. The zero-order chi connectivity index (χ0) is 12.6. The van der Waals surface area contributed by atoms with Gasteiger partial charge in [0.2, 0.25) is 0 Å². The van der Waals surface area contributed by atoms with Crippen molar-refractivity contribution in [3.63, 3.8) is 0 Å². The zero-order valence-corrected chi connectivity index (χ0v) is 11.2. The van der Waals surface area contributed by atoms with Gasteiger partial charge in [0.15, 0.2) is 0 Å². The summed E-state index contributed by atoms with van der Waals surface area (Å²) in [6, 6.07) is 7.76. The summed E-state index contributed by atoms with van der Waals surface area (Å²) in [4.78, 5) is 12.2. The summed E-state index contributed by atoms with van der Waals surface area (Å²) >= 11 is 7.55. The maximum atomic E-state index is 11.1. The Kier molecular flexibility index (Phi) is 3.15. The second-order valence-corrected chi connectivity index (χ2v) is 6.37. The number of hydrogen-bond acceptors (Lipinski definition) is 2. The van der Waals surface area contributed by atoms with Gasteiger partial charge < -0.3 is 5.11 Å². The third-order valence-corrected chi connectivity index (χ3v) is 4.08. The second kappa shape index (κ2) is 4.31. The molecule has 1 aromatic heterocycles. The van der Waals surface area contributed by atoms with Gasteiger partial charge in [0.1, 0.15) is 0 Å². The maximum Gasteiger partial charge on any atom is 0.309 e. The molecule has 0 atom stereocenters. The Bertz CT molecular complexity index is 572. The highest BCUT2D eigenvalue weighted by atomic mass is 35.5. The van der Waals surface area contributed by atoms with Crippen molar-refractivity contribution in [2.45, 2.75) is 20.3 Å². The molecule has 0 fully saturated rings. The number of benzene rings is 1. The average Bonchev–Trinajstić information content (AvgIpc) is 2.57. The largest absolute Gasteiger partial charge is 0.481 e. The van der Waals surface area contributed by atoms with E-state index in [0.717, 1.165) is 15.0 Å². The minimum absolute atomic E-state index is 0.541. The molecule has 4 heteroatoms. The summed E-state index contributed by atoms with van der Waals surface area (Å²) in [6.07, 6.45) is 0.541. The van der Waals surface area contributed by atoms with Crippen molar-refractivity contribution in [3.8, 4) is 0 Å². The van der Waals surface area contributed by atoms with Crippen molar-refractivity contribution >= 4 is 39.0 Å². The number of carboxylic acid groups (broad SMARTS) is 1. The van der Waals surface area contributed by atoms with Gasteiger partial charge in [0.05, 0.1) is 5.41 Å². The normalized spacial score (nSPS) is 11.9. The highest BCUT2D eigenvalue weighted by molar-refractivity contribution is 7.19. The van der Waals surface area contributed by atoms with Crippen molar-refractivity contribution < 1.29 is 9.90 Å². The summed E-state index contributed by atoms with van der Waals surface area (Å²) in [6.45, 7) is 3.49. The Balaban J connectivity index is 2.34. The summed E-state index contributed by atoms with van der Waals surface area (Å²) in [5, 5.41) is 10.9. The lowest BCUT2D eigenvalue weighted by molar-refractivity contribution is -0.146. The molecule has 0 unspecified atom stereocenters. The highest BCUT2D eigenvalue weighted by Gasteiger charge is 2.28. The number of fused-ring (bicyclic) bond motifs is 1. The van der Waals surface area contributed by atoms with Crippen LogP contribution >= 0.6 is 22.9 Å². The fourth-order valence-corrected chi connectivity index (χ4v) is 3.12. The first-order chi connectivity index (χ1) is 7.88. The van der Waals surface area contributed by atoms with Gasteiger partial charge in [-0.05, 0) is 49.9 Å². The first-order valence-corrected chi connectivity index (χ1v) is 6.49. The Morgan fingerprint density at radius 1 is 1.41 bits per heavy atom. The topological polar surface area (TPSA) is 37.3 Å². The first kappa shape index (κ1) is 12.4. The van der Waals surface area contributed by atoms with Crippen LogP contribution in [0, 0.1) is 5.41 Å². The molecule has 0 saturated heterocycles. The van der Waals surface area contributed by atoms with Gasteiger partial charge in [-0.3, -0.25) is 4.79 Å². The number of rotatable bonds is 3. The van der Waals surface area contributed by atoms with Crippen molar-refractivity contribution in [3.05, 3.63) is 34.2 Å². The van der Waals surface area contributed by atoms with Crippen molar-refractivity contribution in [2.24, 2.45) is 5.41 Å². The summed E-state index contributed by atoms with van der Waals surface area (Å²) in [5.74, 6) is -0.770. The van der Waals surface area contributed by atoms with Gasteiger partial charge in [-0.2, -0.15) is 0 Å². The van der Waals surface area contributed by atoms with Gasteiger partial charge in [-0.15, -0.1) is 11.3 Å². The third-order valence-electron chi connectivity index (χ3n) is 2.72. The molecule has 0 spiro atoms. The fraction of sp³-hybridized carbons (Fsp3) is 0.308. The molecule has 0 saturated carbocycles. The molecular formula is C13H13ClO2S. The van der Waals surface area contributed by atoms with Crippen LogP contribution in [0.25, 0.3) is 10.1 Å². The molecule has 2 rings (SSSR count). The van der Waals surface area contributed by atoms with Gasteiger partial charge in [-0.1, -0.05) is 11.6 Å². The minimum Gasteiger partial charge on any atom is -0.481 e. The molecule has 0 amide bonds. The quantitative estimate of drug-likeness (QED) is 0.905. The van der Waals surface area contributed by atoms with E-state index in [2.05, 4.69) is 0 Å². The predicted molar refractivity (Wildman–Crippen MR) is 72.0 cm³/mol. The van der Waals surface area contributed by atoms with Crippen LogP contribution < -0.4 is 0 Å². The number of carbonyl (C=O) groups is 1. The van der Waals surface area contributed by atoms with E-state index >= 15 is 0 Å². The molecule has 1 N–H and O–H groups in total. The lowest BCUT2D eigenvalue weighted by atomic mass is 9.89. The van der Waals surface area contributed by atoms with Crippen LogP contribution in [-0.4, -0.2) is 11.1 Å². The van der Waals surface area contributed by atoms with Gasteiger partial charge in [0, 0.05) is 14.6 Å². The third kappa shape index (κ3) is 2.61. The molecule has 0 bridgehead atoms. The number of hydrogen-bond donors (Lipinski definition) is 1. The smallest absolute Gasteiger partial charge is 0.309 e. The number of halogens is 1. The van der Waals surface area contributed by atoms with Crippen molar-refractivity contribution in [2.75, 3.05) is 0 Å². The van der Waals surface area contributed by atoms with Crippen LogP contribution in [0.5, 0.6) is 0 Å². The highest BCUT2D eigenvalue weighted by Crippen LogP contribution is 2.32. The lowest BCUT2D eigenvalue weighted by Gasteiger charge is -2.17. The van der Waals surface area contributed by atoms with E-state index in [1.54, 1.807) is 25.2 Å². The molecule has 1 aromatic carbocycles. The zero-order valence-electron chi connectivity index (χ0n) is 9.66. The monoisotopic (exact) mass is 268 g/mol. The Hall–Kier alpha value is -1.06. The van der Waals surface area contributed by atoms with E-state index in [1.165, 1.54) is 0 Å². The molecule has 2 nitrogen and oxygen atoms in total. The number of carboxylic acids is 1. The van der Waals surface area contributed by atoms with Gasteiger partial charge >= 0.3 is 5.97 Å². The Labute approximate surface area is 109 Å². The van der Waals surface area contributed by atoms with Crippen LogP contribution in [0.1, 0.15) is 18.7 Å². The Morgan fingerprint density at radius 3 is 2.76 bits per heavy atom. The van der Waals surface area contributed by atoms with E-state index in [-0.39, 0.29) is 0 Å². The number of aliphatic carboxylic acids is 1. The molecule has 0 radical (unpaired) electrons. The van der Waals surface area contributed by atoms with Gasteiger partial charge in [-0.25, -0.2) is 0 Å². The van der Waals surface area contributed by atoms with E-state index in [1.807, 2.05) is 24.3 Å². The lowest BCUT2D eigenvalue weighted by Crippen LogP contribution is -2.25. The van der Waals surface area contributed by atoms with Gasteiger partial charge in [0.25, 0.3) is 0 Å². The molecule has 2 aromatic rings. The van der Waals surface area contributed by atoms with Crippen LogP contribution in [0.4, 0.5) is 0 Å². The maximum absolute atomic E-state index is 11.1. The molecule has 17 heavy (non-hydrogen) atoms. The first-order valence-electron chi connectivity index (χ1n) is 5.30. The van der Waals surface area contributed by atoms with E-state index in [9.17, 15) is 4.79 Å². The fourth-order valence-electron chi connectivity index (χ4n) is 1.67. The summed E-state index contributed by atoms with van der Waals surface area (Å²) in [7, 11) is 0. The van der Waals surface area contributed by atoms with E-state index in [0.29, 0.717) is 11.4 Å². The van der Waals surface area contributed by atoms with Crippen molar-refractivity contribution in [1.29, 1.82) is 0 Å².